The molecule has 0 bridgehead atoms. The number of nitro benzene ring substituents is 2. The molecule has 0 aromatic heterocycles. The molecule has 0 saturated carbocycles. The summed E-state index contributed by atoms with van der Waals surface area (Å²) in [6.45, 7) is 0. The lowest BCUT2D eigenvalue weighted by Gasteiger charge is -2.13. The smallest absolute Gasteiger partial charge is 0.301 e. The van der Waals surface area contributed by atoms with Crippen molar-refractivity contribution in [3.05, 3.63) is 68.3 Å². The molecule has 25 heavy (non-hydrogen) atoms. The third-order valence-electron chi connectivity index (χ3n) is 3.28. The van der Waals surface area contributed by atoms with Gasteiger partial charge in [-0.1, -0.05) is 0 Å². The van der Waals surface area contributed by atoms with E-state index in [-0.39, 0.29) is 11.3 Å². The van der Waals surface area contributed by atoms with Crippen LogP contribution in [-0.2, 0) is 0 Å². The number of hydrazone groups is 1. The molecule has 2 aromatic carbocycles. The Morgan fingerprint density at radius 2 is 1.76 bits per heavy atom. The molecule has 0 amide bonds. The Labute approximate surface area is 141 Å². The van der Waals surface area contributed by atoms with Gasteiger partial charge in [0.1, 0.15) is 11.4 Å². The summed E-state index contributed by atoms with van der Waals surface area (Å²) < 4.78 is 19.2. The highest BCUT2D eigenvalue weighted by molar-refractivity contribution is 5.94. The van der Waals surface area contributed by atoms with Crippen LogP contribution in [0.4, 0.5) is 21.5 Å². The molecular weight excluding hydrogens is 335 g/mol. The van der Waals surface area contributed by atoms with Crippen molar-refractivity contribution in [3.8, 4) is 5.75 Å². The van der Waals surface area contributed by atoms with E-state index in [0.29, 0.717) is 5.75 Å². The van der Waals surface area contributed by atoms with Gasteiger partial charge in [-0.25, -0.2) is 0 Å². The van der Waals surface area contributed by atoms with Crippen molar-refractivity contribution in [2.45, 2.75) is 0 Å². The van der Waals surface area contributed by atoms with Gasteiger partial charge in [-0.15, -0.1) is 5.10 Å². The number of benzene rings is 2. The number of halogens is 1. The first-order chi connectivity index (χ1) is 11.8. The van der Waals surface area contributed by atoms with Crippen LogP contribution in [0.2, 0.25) is 0 Å². The molecule has 9 nitrogen and oxygen atoms in total. The van der Waals surface area contributed by atoms with E-state index in [2.05, 4.69) is 5.10 Å². The zero-order valence-electron chi connectivity index (χ0n) is 13.2. The van der Waals surface area contributed by atoms with Crippen LogP contribution in [0.5, 0.6) is 5.75 Å². The van der Waals surface area contributed by atoms with E-state index in [9.17, 15) is 24.6 Å². The van der Waals surface area contributed by atoms with Crippen LogP contribution >= 0.6 is 0 Å². The molecule has 0 fully saturated rings. The van der Waals surface area contributed by atoms with Crippen LogP contribution in [0.15, 0.2) is 47.6 Å². The van der Waals surface area contributed by atoms with Gasteiger partial charge in [0.15, 0.2) is 0 Å². The predicted octanol–water partition coefficient (Wildman–Crippen LogP) is 3.28. The lowest BCUT2D eigenvalue weighted by molar-refractivity contribution is -0.393. The number of ether oxygens (including phenoxy) is 1. The van der Waals surface area contributed by atoms with Crippen molar-refractivity contribution < 1.29 is 19.0 Å². The number of nitrogens with zero attached hydrogens (tertiary/aromatic N) is 4. The summed E-state index contributed by atoms with van der Waals surface area (Å²) in [6, 6.07) is 8.98. The number of anilines is 1. The first-order valence-electron chi connectivity index (χ1n) is 6.88. The molecule has 0 atom stereocenters. The second-order valence-corrected chi connectivity index (χ2v) is 4.83. The molecule has 0 heterocycles. The average Bonchev–Trinajstić information content (AvgIpc) is 2.60. The maximum atomic E-state index is 14.2. The predicted molar refractivity (Wildman–Crippen MR) is 88.8 cm³/mol. The summed E-state index contributed by atoms with van der Waals surface area (Å²) in [5.41, 5.74) is -0.928. The van der Waals surface area contributed by atoms with E-state index in [1.165, 1.54) is 26.3 Å². The minimum Gasteiger partial charge on any atom is -0.497 e. The van der Waals surface area contributed by atoms with Gasteiger partial charge < -0.3 is 4.74 Å². The van der Waals surface area contributed by atoms with Crippen molar-refractivity contribution >= 4 is 23.0 Å². The second kappa shape index (κ2) is 7.34. The van der Waals surface area contributed by atoms with Gasteiger partial charge in [-0.05, 0) is 30.3 Å². The summed E-state index contributed by atoms with van der Waals surface area (Å²) >= 11 is 0. The van der Waals surface area contributed by atoms with Crippen LogP contribution in [0.25, 0.3) is 0 Å². The Morgan fingerprint density at radius 1 is 1.12 bits per heavy atom. The number of rotatable bonds is 6. The molecule has 0 spiro atoms. The van der Waals surface area contributed by atoms with Gasteiger partial charge in [0.2, 0.25) is 5.97 Å². The average molecular weight is 348 g/mol. The molecular formula is C15H13FN4O5. The molecule has 0 aliphatic heterocycles. The van der Waals surface area contributed by atoms with Crippen LogP contribution in [-0.4, -0.2) is 30.0 Å². The number of hydrogen-bond donors (Lipinski definition) is 0. The van der Waals surface area contributed by atoms with Crippen LogP contribution in [0.1, 0.15) is 5.56 Å². The van der Waals surface area contributed by atoms with Crippen LogP contribution in [0, 0.1) is 20.2 Å². The van der Waals surface area contributed by atoms with E-state index in [0.717, 1.165) is 23.2 Å². The SMILES string of the molecule is COc1ccc(/C(F)=N/N(C)c2ccc([N+](=O)[O-])cc2[N+](=O)[O-])cc1. The Hall–Kier alpha value is -3.56. The first-order valence-corrected chi connectivity index (χ1v) is 6.88. The van der Waals surface area contributed by atoms with Crippen LogP contribution < -0.4 is 9.75 Å². The molecule has 2 rings (SSSR count). The normalized spacial score (nSPS) is 11.1. The van der Waals surface area contributed by atoms with Crippen molar-refractivity contribution in [3.63, 3.8) is 0 Å². The monoisotopic (exact) mass is 348 g/mol. The van der Waals surface area contributed by atoms with Gasteiger partial charge in [-0.3, -0.25) is 25.2 Å². The van der Waals surface area contributed by atoms with Gasteiger partial charge in [0, 0.05) is 18.7 Å². The minimum atomic E-state index is -0.877. The standard InChI is InChI=1S/C15H13FN4O5/c1-18(17-15(16)10-3-6-12(25-2)7-4-10)13-8-5-11(19(21)22)9-14(13)20(23)24/h3-9H,1-2H3/b17-15-. The van der Waals surface area contributed by atoms with Gasteiger partial charge >= 0.3 is 5.69 Å². The lowest BCUT2D eigenvalue weighted by atomic mass is 10.2. The second-order valence-electron chi connectivity index (χ2n) is 4.83. The molecule has 130 valence electrons. The van der Waals surface area contributed by atoms with Crippen molar-refractivity contribution in [2.75, 3.05) is 19.2 Å². The van der Waals surface area contributed by atoms with Gasteiger partial charge in [-0.2, -0.15) is 4.39 Å². The van der Waals surface area contributed by atoms with Gasteiger partial charge in [0.05, 0.1) is 23.0 Å². The molecule has 0 unspecified atom stereocenters. The molecule has 0 N–H and O–H groups in total. The fourth-order valence-electron chi connectivity index (χ4n) is 2.02. The molecule has 0 radical (unpaired) electrons. The summed E-state index contributed by atoms with van der Waals surface area (Å²) in [6.07, 6.45) is 0. The zero-order valence-corrected chi connectivity index (χ0v) is 13.2. The van der Waals surface area contributed by atoms with E-state index in [1.54, 1.807) is 12.1 Å². The van der Waals surface area contributed by atoms with E-state index in [1.807, 2.05) is 0 Å². The number of hydrogen-bond acceptors (Lipinski definition) is 7. The fraction of sp³-hybridized carbons (Fsp3) is 0.133. The van der Waals surface area contributed by atoms with Crippen molar-refractivity contribution in [1.82, 2.24) is 0 Å². The first kappa shape index (κ1) is 17.8. The fourth-order valence-corrected chi connectivity index (χ4v) is 2.02. The van der Waals surface area contributed by atoms with E-state index in [4.69, 9.17) is 4.74 Å². The molecule has 0 aliphatic rings. The lowest BCUT2D eigenvalue weighted by Crippen LogP contribution is -2.13. The third kappa shape index (κ3) is 4.05. The Morgan fingerprint density at radius 3 is 2.28 bits per heavy atom. The minimum absolute atomic E-state index is 0.0840. The molecule has 0 aliphatic carbocycles. The highest BCUT2D eigenvalue weighted by atomic mass is 19.1. The largest absolute Gasteiger partial charge is 0.497 e. The quantitative estimate of drug-likeness (QED) is 0.450. The number of nitro groups is 2. The summed E-state index contributed by atoms with van der Waals surface area (Å²) in [5, 5.41) is 26.5. The highest BCUT2D eigenvalue weighted by Crippen LogP contribution is 2.31. The number of non-ortho nitro benzene ring substituents is 1. The topological polar surface area (TPSA) is 111 Å². The van der Waals surface area contributed by atoms with E-state index < -0.39 is 27.2 Å². The summed E-state index contributed by atoms with van der Waals surface area (Å²) in [5.74, 6) is -0.339. The third-order valence-corrected chi connectivity index (χ3v) is 3.28. The molecule has 0 saturated heterocycles. The Bertz CT molecular complexity index is 838. The van der Waals surface area contributed by atoms with E-state index >= 15 is 0 Å². The summed E-state index contributed by atoms with van der Waals surface area (Å²) in [7, 11) is 2.78. The zero-order chi connectivity index (χ0) is 18.6. The maximum Gasteiger partial charge on any atom is 0.301 e. The Balaban J connectivity index is 2.36. The molecule has 10 heteroatoms. The number of methoxy groups -OCH3 is 1. The highest BCUT2D eigenvalue weighted by Gasteiger charge is 2.22. The van der Waals surface area contributed by atoms with Gasteiger partial charge in [0.25, 0.3) is 5.69 Å². The van der Waals surface area contributed by atoms with Crippen LogP contribution in [0.3, 0.4) is 0 Å². The van der Waals surface area contributed by atoms with Crippen molar-refractivity contribution in [2.24, 2.45) is 5.10 Å². The summed E-state index contributed by atoms with van der Waals surface area (Å²) in [4.78, 5) is 20.3. The molecule has 2 aromatic rings. The maximum absolute atomic E-state index is 14.2. The van der Waals surface area contributed by atoms with Crippen molar-refractivity contribution in [1.29, 1.82) is 0 Å². The Kier molecular flexibility index (Phi) is 5.22.